The summed E-state index contributed by atoms with van der Waals surface area (Å²) in [5.74, 6) is 0.00846. The molecule has 2 amide bonds. The minimum absolute atomic E-state index is 0.000190. The standard InChI is InChI=1S/C30H36N4O2/c1-22-11-10-12-23(2)28(22)31-27(35)21-33-17-19-34(20-18-33)24(3)30(36)32-29(25-13-6-4-7-14-25)26-15-8-5-9-16-26/h4-16,24,29H,17-21H2,1-3H3,(H,31,35)(H,32,36)/t24-/m1/s1. The third-order valence-corrected chi connectivity index (χ3v) is 7.00. The number of nitrogens with one attached hydrogen (secondary N) is 2. The van der Waals surface area contributed by atoms with Crippen LogP contribution in [0.4, 0.5) is 5.69 Å². The van der Waals surface area contributed by atoms with Crippen LogP contribution in [0, 0.1) is 13.8 Å². The lowest BCUT2D eigenvalue weighted by atomic mass is 9.98. The monoisotopic (exact) mass is 484 g/mol. The molecule has 0 bridgehead atoms. The van der Waals surface area contributed by atoms with E-state index in [1.807, 2.05) is 99.6 Å². The summed E-state index contributed by atoms with van der Waals surface area (Å²) < 4.78 is 0. The zero-order valence-corrected chi connectivity index (χ0v) is 21.4. The van der Waals surface area contributed by atoms with Crippen LogP contribution in [0.25, 0.3) is 0 Å². The second kappa shape index (κ2) is 12.0. The summed E-state index contributed by atoms with van der Waals surface area (Å²) in [6.07, 6.45) is 0. The third kappa shape index (κ3) is 6.39. The zero-order valence-electron chi connectivity index (χ0n) is 21.4. The molecule has 0 spiro atoms. The van der Waals surface area contributed by atoms with Crippen molar-refractivity contribution in [1.29, 1.82) is 0 Å². The van der Waals surface area contributed by atoms with Gasteiger partial charge in [-0.2, -0.15) is 0 Å². The van der Waals surface area contributed by atoms with Crippen LogP contribution in [0.5, 0.6) is 0 Å². The number of hydrogen-bond donors (Lipinski definition) is 2. The van der Waals surface area contributed by atoms with Gasteiger partial charge in [0, 0.05) is 31.9 Å². The molecule has 3 aromatic carbocycles. The van der Waals surface area contributed by atoms with Gasteiger partial charge in [-0.15, -0.1) is 0 Å². The van der Waals surface area contributed by atoms with Crippen molar-refractivity contribution in [3.05, 3.63) is 101 Å². The summed E-state index contributed by atoms with van der Waals surface area (Å²) in [5, 5.41) is 6.34. The van der Waals surface area contributed by atoms with Crippen molar-refractivity contribution in [1.82, 2.24) is 15.1 Å². The smallest absolute Gasteiger partial charge is 0.238 e. The maximum Gasteiger partial charge on any atom is 0.238 e. The second-order valence-electron chi connectivity index (χ2n) is 9.57. The third-order valence-electron chi connectivity index (χ3n) is 7.00. The highest BCUT2D eigenvalue weighted by Gasteiger charge is 2.28. The first kappa shape index (κ1) is 25.6. The lowest BCUT2D eigenvalue weighted by Crippen LogP contribution is -2.55. The average molecular weight is 485 g/mol. The quantitative estimate of drug-likeness (QED) is 0.504. The van der Waals surface area contributed by atoms with Crippen LogP contribution in [0.3, 0.4) is 0 Å². The van der Waals surface area contributed by atoms with Gasteiger partial charge in [0.15, 0.2) is 0 Å². The van der Waals surface area contributed by atoms with Crippen molar-refractivity contribution in [2.24, 2.45) is 0 Å². The Morgan fingerprint density at radius 3 is 1.83 bits per heavy atom. The van der Waals surface area contributed by atoms with E-state index in [0.717, 1.165) is 54.1 Å². The van der Waals surface area contributed by atoms with E-state index in [1.165, 1.54) is 0 Å². The van der Waals surface area contributed by atoms with Gasteiger partial charge in [-0.05, 0) is 43.0 Å². The molecule has 0 unspecified atom stereocenters. The molecule has 2 N–H and O–H groups in total. The summed E-state index contributed by atoms with van der Waals surface area (Å²) in [7, 11) is 0. The molecule has 0 saturated carbocycles. The van der Waals surface area contributed by atoms with E-state index >= 15 is 0 Å². The molecule has 188 valence electrons. The van der Waals surface area contributed by atoms with E-state index in [2.05, 4.69) is 20.4 Å². The molecule has 0 radical (unpaired) electrons. The van der Waals surface area contributed by atoms with Crippen molar-refractivity contribution < 1.29 is 9.59 Å². The fourth-order valence-corrected chi connectivity index (χ4v) is 4.78. The van der Waals surface area contributed by atoms with Gasteiger partial charge in [0.25, 0.3) is 0 Å². The number of carbonyl (C=O) groups excluding carboxylic acids is 2. The van der Waals surface area contributed by atoms with E-state index in [4.69, 9.17) is 0 Å². The lowest BCUT2D eigenvalue weighted by molar-refractivity contribution is -0.127. The molecule has 1 saturated heterocycles. The first-order valence-electron chi connectivity index (χ1n) is 12.6. The Hall–Kier alpha value is -3.48. The Labute approximate surface area is 214 Å². The molecular weight excluding hydrogens is 448 g/mol. The molecule has 36 heavy (non-hydrogen) atoms. The van der Waals surface area contributed by atoms with E-state index in [9.17, 15) is 9.59 Å². The van der Waals surface area contributed by atoms with Crippen molar-refractivity contribution in [3.8, 4) is 0 Å². The van der Waals surface area contributed by atoms with E-state index in [-0.39, 0.29) is 23.9 Å². The molecule has 4 rings (SSSR count). The summed E-state index contributed by atoms with van der Waals surface area (Å²) in [6, 6.07) is 25.7. The number of amides is 2. The van der Waals surface area contributed by atoms with Gasteiger partial charge in [0.05, 0.1) is 18.6 Å². The predicted molar refractivity (Wildman–Crippen MR) is 145 cm³/mol. The van der Waals surface area contributed by atoms with E-state index in [0.29, 0.717) is 6.54 Å². The van der Waals surface area contributed by atoms with Crippen LogP contribution in [0.2, 0.25) is 0 Å². The topological polar surface area (TPSA) is 64.7 Å². The number of benzene rings is 3. The number of para-hydroxylation sites is 1. The SMILES string of the molecule is Cc1cccc(C)c1NC(=O)CN1CCN([C@H](C)C(=O)NC(c2ccccc2)c2ccccc2)CC1. The van der Waals surface area contributed by atoms with Crippen LogP contribution < -0.4 is 10.6 Å². The van der Waals surface area contributed by atoms with Gasteiger partial charge in [0.2, 0.25) is 11.8 Å². The number of carbonyl (C=O) groups is 2. The maximum atomic E-state index is 13.3. The summed E-state index contributed by atoms with van der Waals surface area (Å²) in [5.41, 5.74) is 5.15. The highest BCUT2D eigenvalue weighted by atomic mass is 16.2. The van der Waals surface area contributed by atoms with Gasteiger partial charge < -0.3 is 10.6 Å². The maximum absolute atomic E-state index is 13.3. The summed E-state index contributed by atoms with van der Waals surface area (Å²) in [4.78, 5) is 30.3. The van der Waals surface area contributed by atoms with Gasteiger partial charge in [-0.25, -0.2) is 0 Å². The van der Waals surface area contributed by atoms with Crippen molar-refractivity contribution >= 4 is 17.5 Å². The molecule has 6 nitrogen and oxygen atoms in total. The minimum atomic E-state index is -0.259. The van der Waals surface area contributed by atoms with Crippen molar-refractivity contribution in [2.45, 2.75) is 32.9 Å². The average Bonchev–Trinajstić information content (AvgIpc) is 2.90. The number of rotatable bonds is 8. The second-order valence-corrected chi connectivity index (χ2v) is 9.57. The zero-order chi connectivity index (χ0) is 25.5. The molecule has 6 heteroatoms. The number of hydrogen-bond acceptors (Lipinski definition) is 4. The fraction of sp³-hybridized carbons (Fsp3) is 0.333. The van der Waals surface area contributed by atoms with E-state index < -0.39 is 0 Å². The van der Waals surface area contributed by atoms with Crippen molar-refractivity contribution in [3.63, 3.8) is 0 Å². The van der Waals surface area contributed by atoms with Gasteiger partial charge >= 0.3 is 0 Å². The van der Waals surface area contributed by atoms with Crippen molar-refractivity contribution in [2.75, 3.05) is 38.0 Å². The Bertz CT molecular complexity index is 1100. The molecule has 1 fully saturated rings. The van der Waals surface area contributed by atoms with E-state index in [1.54, 1.807) is 0 Å². The molecule has 1 aliphatic rings. The molecule has 1 heterocycles. The molecule has 0 aromatic heterocycles. The predicted octanol–water partition coefficient (Wildman–Crippen LogP) is 4.15. The molecule has 0 aliphatic carbocycles. The van der Waals surface area contributed by atoms with Gasteiger partial charge in [0.1, 0.15) is 0 Å². The summed E-state index contributed by atoms with van der Waals surface area (Å²) >= 11 is 0. The fourth-order valence-electron chi connectivity index (χ4n) is 4.78. The van der Waals surface area contributed by atoms with Crippen LogP contribution in [0.15, 0.2) is 78.9 Å². The lowest BCUT2D eigenvalue weighted by Gasteiger charge is -2.37. The van der Waals surface area contributed by atoms with Gasteiger partial charge in [-0.3, -0.25) is 19.4 Å². The molecule has 1 atom stereocenters. The Balaban J connectivity index is 1.31. The summed E-state index contributed by atoms with van der Waals surface area (Å²) in [6.45, 7) is 9.32. The van der Waals surface area contributed by atoms with Crippen LogP contribution in [-0.4, -0.2) is 60.4 Å². The first-order valence-corrected chi connectivity index (χ1v) is 12.6. The van der Waals surface area contributed by atoms with Crippen LogP contribution in [-0.2, 0) is 9.59 Å². The normalized spacial score (nSPS) is 15.4. The Morgan fingerprint density at radius 1 is 0.778 bits per heavy atom. The number of nitrogens with zero attached hydrogens (tertiary/aromatic N) is 2. The highest BCUT2D eigenvalue weighted by Crippen LogP contribution is 2.23. The molecule has 3 aromatic rings. The number of anilines is 1. The molecule has 1 aliphatic heterocycles. The largest absolute Gasteiger partial charge is 0.344 e. The minimum Gasteiger partial charge on any atom is -0.344 e. The van der Waals surface area contributed by atoms with Crippen LogP contribution >= 0.6 is 0 Å². The number of aryl methyl sites for hydroxylation is 2. The Morgan fingerprint density at radius 2 is 1.31 bits per heavy atom. The van der Waals surface area contributed by atoms with Gasteiger partial charge in [-0.1, -0.05) is 78.9 Å². The number of piperazine rings is 1. The highest BCUT2D eigenvalue weighted by molar-refractivity contribution is 5.93. The first-order chi connectivity index (χ1) is 17.4. The molecular formula is C30H36N4O2. The van der Waals surface area contributed by atoms with Crippen LogP contribution in [0.1, 0.15) is 35.2 Å². The Kier molecular flexibility index (Phi) is 8.52.